The van der Waals surface area contributed by atoms with Crippen molar-refractivity contribution in [3.8, 4) is 5.88 Å². The first-order chi connectivity index (χ1) is 9.29. The Kier molecular flexibility index (Phi) is 4.94. The van der Waals surface area contributed by atoms with Gasteiger partial charge in [0.1, 0.15) is 12.1 Å². The van der Waals surface area contributed by atoms with Gasteiger partial charge in [-0.15, -0.1) is 0 Å². The molecule has 0 saturated carbocycles. The van der Waals surface area contributed by atoms with Crippen LogP contribution in [0.15, 0.2) is 12.4 Å². The van der Waals surface area contributed by atoms with Gasteiger partial charge in [0, 0.05) is 19.2 Å². The van der Waals surface area contributed by atoms with Crippen LogP contribution in [0.5, 0.6) is 5.88 Å². The van der Waals surface area contributed by atoms with Crippen LogP contribution in [0.25, 0.3) is 0 Å². The zero-order chi connectivity index (χ0) is 13.5. The van der Waals surface area contributed by atoms with Crippen LogP contribution in [0, 0.1) is 0 Å². The molecule has 1 aliphatic rings. The molecule has 1 N–H and O–H groups in total. The van der Waals surface area contributed by atoms with Crippen LogP contribution in [0.3, 0.4) is 0 Å². The molecule has 1 saturated heterocycles. The van der Waals surface area contributed by atoms with E-state index in [9.17, 15) is 4.79 Å². The molecule has 2 rings (SSSR count). The van der Waals surface area contributed by atoms with Crippen LogP contribution in [0.1, 0.15) is 26.2 Å². The Balaban J connectivity index is 1.83. The first kappa shape index (κ1) is 13.6. The molecule has 6 heteroatoms. The second-order valence-corrected chi connectivity index (χ2v) is 4.53. The zero-order valence-electron chi connectivity index (χ0n) is 11.3. The molecular weight excluding hydrogens is 244 g/mol. The van der Waals surface area contributed by atoms with Gasteiger partial charge in [0.2, 0.25) is 11.8 Å². The van der Waals surface area contributed by atoms with Gasteiger partial charge in [-0.25, -0.2) is 9.97 Å². The van der Waals surface area contributed by atoms with Gasteiger partial charge in [-0.3, -0.25) is 4.79 Å². The summed E-state index contributed by atoms with van der Waals surface area (Å²) < 4.78 is 5.42. The van der Waals surface area contributed by atoms with Crippen LogP contribution < -0.4 is 10.1 Å². The van der Waals surface area contributed by atoms with Crippen LogP contribution in [0.4, 0.5) is 5.82 Å². The topological polar surface area (TPSA) is 67.3 Å². The number of rotatable bonds is 6. The number of nitrogens with zero attached hydrogens (tertiary/aromatic N) is 3. The summed E-state index contributed by atoms with van der Waals surface area (Å²) in [6.07, 6.45) is 4.58. The molecule has 0 aromatic carbocycles. The van der Waals surface area contributed by atoms with Crippen molar-refractivity contribution < 1.29 is 9.53 Å². The van der Waals surface area contributed by atoms with Crippen molar-refractivity contribution in [2.45, 2.75) is 26.2 Å². The SMILES string of the molecule is CCCOc1cc(NCC(=O)N2CCCC2)ncn1. The van der Waals surface area contributed by atoms with Crippen LogP contribution in [-0.4, -0.2) is 47.0 Å². The number of hydrogen-bond acceptors (Lipinski definition) is 5. The first-order valence-corrected chi connectivity index (χ1v) is 6.76. The number of carbonyl (C=O) groups excluding carboxylic acids is 1. The largest absolute Gasteiger partial charge is 0.478 e. The lowest BCUT2D eigenvalue weighted by atomic mass is 10.4. The lowest BCUT2D eigenvalue weighted by Gasteiger charge is -2.15. The number of aromatic nitrogens is 2. The third kappa shape index (κ3) is 4.08. The number of carbonyl (C=O) groups is 1. The molecule has 0 atom stereocenters. The third-order valence-corrected chi connectivity index (χ3v) is 2.98. The molecule has 1 aromatic heterocycles. The third-order valence-electron chi connectivity index (χ3n) is 2.98. The smallest absolute Gasteiger partial charge is 0.241 e. The van der Waals surface area contributed by atoms with Crippen molar-refractivity contribution in [3.05, 3.63) is 12.4 Å². The summed E-state index contributed by atoms with van der Waals surface area (Å²) in [4.78, 5) is 21.8. The maximum atomic E-state index is 11.9. The predicted octanol–water partition coefficient (Wildman–Crippen LogP) is 1.30. The average molecular weight is 264 g/mol. The summed E-state index contributed by atoms with van der Waals surface area (Å²) >= 11 is 0. The molecule has 1 amide bonds. The number of nitrogens with one attached hydrogen (secondary N) is 1. The monoisotopic (exact) mass is 264 g/mol. The highest BCUT2D eigenvalue weighted by atomic mass is 16.5. The van der Waals surface area contributed by atoms with E-state index in [1.165, 1.54) is 6.33 Å². The van der Waals surface area contributed by atoms with Gasteiger partial charge in [-0.2, -0.15) is 0 Å². The quantitative estimate of drug-likeness (QED) is 0.839. The average Bonchev–Trinajstić information content (AvgIpc) is 2.97. The Morgan fingerprint density at radius 2 is 2.21 bits per heavy atom. The van der Waals surface area contributed by atoms with Crippen molar-refractivity contribution in [2.24, 2.45) is 0 Å². The van der Waals surface area contributed by atoms with Gasteiger partial charge in [0.25, 0.3) is 0 Å². The highest BCUT2D eigenvalue weighted by Crippen LogP contribution is 2.12. The van der Waals surface area contributed by atoms with E-state index >= 15 is 0 Å². The van der Waals surface area contributed by atoms with E-state index in [2.05, 4.69) is 15.3 Å². The lowest BCUT2D eigenvalue weighted by molar-refractivity contribution is -0.128. The minimum absolute atomic E-state index is 0.118. The first-order valence-electron chi connectivity index (χ1n) is 6.76. The fraction of sp³-hybridized carbons (Fsp3) is 0.615. The normalized spacial score (nSPS) is 14.5. The molecule has 0 spiro atoms. The molecule has 6 nitrogen and oxygen atoms in total. The molecule has 0 radical (unpaired) electrons. The molecule has 0 bridgehead atoms. The van der Waals surface area contributed by atoms with Crippen LogP contribution >= 0.6 is 0 Å². The van der Waals surface area contributed by atoms with Crippen LogP contribution in [-0.2, 0) is 4.79 Å². The highest BCUT2D eigenvalue weighted by molar-refractivity contribution is 5.80. The molecule has 0 aliphatic carbocycles. The van der Waals surface area contributed by atoms with Crippen molar-refractivity contribution >= 4 is 11.7 Å². The highest BCUT2D eigenvalue weighted by Gasteiger charge is 2.17. The van der Waals surface area contributed by atoms with E-state index in [0.717, 1.165) is 32.4 Å². The standard InChI is InChI=1S/C13H20N4O2/c1-2-7-19-12-8-11(15-10-16-12)14-9-13(18)17-5-3-4-6-17/h8,10H,2-7,9H2,1H3,(H,14,15,16). The second kappa shape index (κ2) is 6.92. The van der Waals surface area contributed by atoms with Gasteiger partial charge in [0.05, 0.1) is 13.2 Å². The van der Waals surface area contributed by atoms with E-state index < -0.39 is 0 Å². The van der Waals surface area contributed by atoms with Crippen molar-refractivity contribution in [1.29, 1.82) is 0 Å². The van der Waals surface area contributed by atoms with Gasteiger partial charge in [-0.1, -0.05) is 6.92 Å². The van der Waals surface area contributed by atoms with E-state index in [4.69, 9.17) is 4.74 Å². The second-order valence-electron chi connectivity index (χ2n) is 4.53. The summed E-state index contributed by atoms with van der Waals surface area (Å²) in [5, 5.41) is 3.02. The maximum Gasteiger partial charge on any atom is 0.241 e. The van der Waals surface area contributed by atoms with Gasteiger partial charge in [-0.05, 0) is 19.3 Å². The number of likely N-dealkylation sites (tertiary alicyclic amines) is 1. The summed E-state index contributed by atoms with van der Waals surface area (Å²) in [5.74, 6) is 1.27. The Hall–Kier alpha value is -1.85. The molecule has 19 heavy (non-hydrogen) atoms. The molecular formula is C13H20N4O2. The molecule has 1 aliphatic heterocycles. The number of amides is 1. The maximum absolute atomic E-state index is 11.9. The number of anilines is 1. The van der Waals surface area contributed by atoms with Crippen molar-refractivity contribution in [2.75, 3.05) is 31.6 Å². The fourth-order valence-electron chi connectivity index (χ4n) is 1.97. The summed E-state index contributed by atoms with van der Waals surface area (Å²) in [7, 11) is 0. The summed E-state index contributed by atoms with van der Waals surface area (Å²) in [6, 6.07) is 1.72. The number of hydrogen-bond donors (Lipinski definition) is 1. The predicted molar refractivity (Wildman–Crippen MR) is 72.1 cm³/mol. The Labute approximate surface area is 113 Å². The van der Waals surface area contributed by atoms with Gasteiger partial charge < -0.3 is 15.0 Å². The molecule has 1 aromatic rings. The Morgan fingerprint density at radius 1 is 1.42 bits per heavy atom. The molecule has 2 heterocycles. The van der Waals surface area contributed by atoms with Gasteiger partial charge in [0.15, 0.2) is 0 Å². The molecule has 0 unspecified atom stereocenters. The number of ether oxygens (including phenoxy) is 1. The van der Waals surface area contributed by atoms with E-state index in [-0.39, 0.29) is 12.5 Å². The van der Waals surface area contributed by atoms with Gasteiger partial charge >= 0.3 is 0 Å². The van der Waals surface area contributed by atoms with E-state index in [0.29, 0.717) is 18.3 Å². The van der Waals surface area contributed by atoms with E-state index in [1.54, 1.807) is 6.07 Å². The van der Waals surface area contributed by atoms with Crippen molar-refractivity contribution in [1.82, 2.24) is 14.9 Å². The minimum Gasteiger partial charge on any atom is -0.478 e. The van der Waals surface area contributed by atoms with E-state index in [1.807, 2.05) is 11.8 Å². The minimum atomic E-state index is 0.118. The fourth-order valence-corrected chi connectivity index (χ4v) is 1.97. The Bertz CT molecular complexity index is 419. The summed E-state index contributed by atoms with van der Waals surface area (Å²) in [6.45, 7) is 4.67. The van der Waals surface area contributed by atoms with Crippen LogP contribution in [0.2, 0.25) is 0 Å². The molecule has 1 fully saturated rings. The lowest BCUT2D eigenvalue weighted by Crippen LogP contribution is -2.33. The van der Waals surface area contributed by atoms with Crippen molar-refractivity contribution in [3.63, 3.8) is 0 Å². The summed E-state index contributed by atoms with van der Waals surface area (Å²) in [5.41, 5.74) is 0. The Morgan fingerprint density at radius 3 is 2.95 bits per heavy atom. The molecule has 104 valence electrons. The zero-order valence-corrected chi connectivity index (χ0v) is 11.3.